The average Bonchev–Trinajstić information content (AvgIpc) is 3.27. The number of aromatic carboxylic acids is 1. The second-order valence-corrected chi connectivity index (χ2v) is 7.81. The second kappa shape index (κ2) is 6.95. The lowest BCUT2D eigenvalue weighted by molar-refractivity contribution is 0.0697. The van der Waals surface area contributed by atoms with Gasteiger partial charge in [0.25, 0.3) is 0 Å². The van der Waals surface area contributed by atoms with E-state index in [1.54, 1.807) is 12.3 Å². The van der Waals surface area contributed by atoms with Gasteiger partial charge in [-0.2, -0.15) is 0 Å². The Morgan fingerprint density at radius 2 is 2.18 bits per heavy atom. The maximum atomic E-state index is 11.8. The maximum Gasteiger partial charge on any atom is 0.339 e. The molecule has 0 bridgehead atoms. The molecule has 3 heterocycles. The molecule has 2 aromatic heterocycles. The van der Waals surface area contributed by atoms with E-state index in [0.29, 0.717) is 17.7 Å². The first kappa shape index (κ1) is 17.3. The van der Waals surface area contributed by atoms with Gasteiger partial charge in [0.05, 0.1) is 12.1 Å². The summed E-state index contributed by atoms with van der Waals surface area (Å²) >= 11 is 0. The minimum absolute atomic E-state index is 0.226. The number of carboxylic acid groups (broad SMARTS) is 1. The van der Waals surface area contributed by atoms with Crippen LogP contribution >= 0.6 is 0 Å². The van der Waals surface area contributed by atoms with E-state index < -0.39 is 5.97 Å². The molecule has 1 aliphatic heterocycles. The van der Waals surface area contributed by atoms with Crippen LogP contribution in [0.25, 0.3) is 10.9 Å². The minimum Gasteiger partial charge on any atom is -0.478 e. The van der Waals surface area contributed by atoms with Crippen LogP contribution in [0, 0.1) is 5.92 Å². The molecule has 0 spiro atoms. The van der Waals surface area contributed by atoms with Gasteiger partial charge >= 0.3 is 5.97 Å². The van der Waals surface area contributed by atoms with E-state index >= 15 is 0 Å². The first-order valence-corrected chi connectivity index (χ1v) is 9.85. The third-order valence-corrected chi connectivity index (χ3v) is 5.73. The van der Waals surface area contributed by atoms with Crippen LogP contribution < -0.4 is 5.32 Å². The number of hydrogen-bond donors (Lipinski definition) is 2. The van der Waals surface area contributed by atoms with E-state index in [1.807, 2.05) is 12.1 Å². The molecule has 2 aliphatic rings. The van der Waals surface area contributed by atoms with Crippen LogP contribution in [0.15, 0.2) is 42.7 Å². The molecule has 0 amide bonds. The van der Waals surface area contributed by atoms with Gasteiger partial charge in [-0.05, 0) is 55.0 Å². The van der Waals surface area contributed by atoms with Crippen LogP contribution in [0.2, 0.25) is 0 Å². The van der Waals surface area contributed by atoms with Gasteiger partial charge in [-0.3, -0.25) is 0 Å². The van der Waals surface area contributed by atoms with Crippen molar-refractivity contribution in [1.82, 2.24) is 9.55 Å². The van der Waals surface area contributed by atoms with Gasteiger partial charge in [0.15, 0.2) is 0 Å². The highest BCUT2D eigenvalue weighted by molar-refractivity contribution is 5.98. The summed E-state index contributed by atoms with van der Waals surface area (Å²) in [5.74, 6) is 0.448. The smallest absolute Gasteiger partial charge is 0.339 e. The zero-order chi connectivity index (χ0) is 19.1. The molecule has 1 saturated carbocycles. The van der Waals surface area contributed by atoms with Gasteiger partial charge in [0, 0.05) is 42.5 Å². The van der Waals surface area contributed by atoms with Crippen molar-refractivity contribution in [3.63, 3.8) is 0 Å². The molecule has 5 rings (SSSR count). The van der Waals surface area contributed by atoms with Crippen molar-refractivity contribution in [2.24, 2.45) is 5.92 Å². The zero-order valence-electron chi connectivity index (χ0n) is 15.6. The number of nitrogens with zero attached hydrogens (tertiary/aromatic N) is 2. The molecule has 1 saturated heterocycles. The first-order valence-electron chi connectivity index (χ1n) is 9.85. The number of ether oxygens (including phenoxy) is 1. The Balaban J connectivity index is 1.46. The summed E-state index contributed by atoms with van der Waals surface area (Å²) in [6, 6.07) is 9.89. The second-order valence-electron chi connectivity index (χ2n) is 7.81. The fourth-order valence-corrected chi connectivity index (χ4v) is 4.01. The Morgan fingerprint density at radius 3 is 2.93 bits per heavy atom. The SMILES string of the molecule is O=C(O)c1cc(C2CC2)cnc1Nc1cccc2c1ccn2CC1CCOC1. The quantitative estimate of drug-likeness (QED) is 0.666. The molecule has 144 valence electrons. The van der Waals surface area contributed by atoms with Gasteiger partial charge < -0.3 is 19.7 Å². The lowest BCUT2D eigenvalue weighted by atomic mass is 10.1. The van der Waals surface area contributed by atoms with Gasteiger partial charge in [-0.25, -0.2) is 9.78 Å². The summed E-state index contributed by atoms with van der Waals surface area (Å²) in [5, 5.41) is 14.0. The lowest BCUT2D eigenvalue weighted by Crippen LogP contribution is -2.09. The highest BCUT2D eigenvalue weighted by Crippen LogP contribution is 2.40. The van der Waals surface area contributed by atoms with Crippen LogP contribution in [-0.4, -0.2) is 33.8 Å². The van der Waals surface area contributed by atoms with Crippen molar-refractivity contribution < 1.29 is 14.6 Å². The molecule has 2 N–H and O–H groups in total. The maximum absolute atomic E-state index is 11.8. The third kappa shape index (κ3) is 3.24. The number of benzene rings is 1. The number of rotatable bonds is 6. The molecule has 1 aromatic carbocycles. The van der Waals surface area contributed by atoms with Gasteiger partial charge in [-0.15, -0.1) is 0 Å². The normalized spacial score (nSPS) is 19.2. The molecule has 28 heavy (non-hydrogen) atoms. The Hall–Kier alpha value is -2.86. The average molecular weight is 377 g/mol. The fourth-order valence-electron chi connectivity index (χ4n) is 4.01. The van der Waals surface area contributed by atoms with Crippen LogP contribution in [-0.2, 0) is 11.3 Å². The number of anilines is 2. The third-order valence-electron chi connectivity index (χ3n) is 5.73. The number of carbonyl (C=O) groups is 1. The summed E-state index contributed by atoms with van der Waals surface area (Å²) in [7, 11) is 0. The van der Waals surface area contributed by atoms with Crippen molar-refractivity contribution in [2.75, 3.05) is 18.5 Å². The van der Waals surface area contributed by atoms with Crippen LogP contribution in [0.1, 0.15) is 41.1 Å². The molecule has 3 aromatic rings. The van der Waals surface area contributed by atoms with Crippen molar-refractivity contribution >= 4 is 28.4 Å². The summed E-state index contributed by atoms with van der Waals surface area (Å²) in [4.78, 5) is 16.2. The van der Waals surface area contributed by atoms with E-state index in [2.05, 4.69) is 33.2 Å². The van der Waals surface area contributed by atoms with Crippen molar-refractivity contribution in [1.29, 1.82) is 0 Å². The number of carboxylic acids is 1. The highest BCUT2D eigenvalue weighted by atomic mass is 16.5. The summed E-state index contributed by atoms with van der Waals surface area (Å²) in [6.45, 7) is 2.59. The highest BCUT2D eigenvalue weighted by Gasteiger charge is 2.26. The van der Waals surface area contributed by atoms with Crippen LogP contribution in [0.3, 0.4) is 0 Å². The fraction of sp³-hybridized carbons (Fsp3) is 0.364. The monoisotopic (exact) mass is 377 g/mol. The van der Waals surface area contributed by atoms with Crippen LogP contribution in [0.4, 0.5) is 11.5 Å². The van der Waals surface area contributed by atoms with E-state index in [1.165, 1.54) is 0 Å². The molecular weight excluding hydrogens is 354 g/mol. The number of hydrogen-bond acceptors (Lipinski definition) is 4. The van der Waals surface area contributed by atoms with E-state index in [0.717, 1.165) is 61.2 Å². The predicted octanol–water partition coefficient (Wildman–Crippen LogP) is 4.39. The molecular formula is C22H23N3O3. The molecule has 1 atom stereocenters. The number of aromatic nitrogens is 2. The summed E-state index contributed by atoms with van der Waals surface area (Å²) < 4.78 is 7.75. The summed E-state index contributed by atoms with van der Waals surface area (Å²) in [5.41, 5.74) is 3.24. The van der Waals surface area contributed by atoms with E-state index in [4.69, 9.17) is 4.74 Å². The number of fused-ring (bicyclic) bond motifs is 1. The van der Waals surface area contributed by atoms with E-state index in [-0.39, 0.29) is 5.56 Å². The molecule has 1 aliphatic carbocycles. The largest absolute Gasteiger partial charge is 0.478 e. The predicted molar refractivity (Wildman–Crippen MR) is 107 cm³/mol. The molecule has 1 unspecified atom stereocenters. The lowest BCUT2D eigenvalue weighted by Gasteiger charge is -2.13. The Morgan fingerprint density at radius 1 is 1.29 bits per heavy atom. The standard InChI is InChI=1S/C22H23N3O3/c26-22(27)18-10-16(15-4-5-15)11-23-21(18)24-19-2-1-3-20-17(19)6-8-25(20)12-14-7-9-28-13-14/h1-3,6,8,10-11,14-15H,4-5,7,9,12-13H2,(H,23,24)(H,26,27). The van der Waals surface area contributed by atoms with Gasteiger partial charge in [0.2, 0.25) is 0 Å². The van der Waals surface area contributed by atoms with Crippen molar-refractivity contribution in [2.45, 2.75) is 31.7 Å². The number of pyridine rings is 1. The van der Waals surface area contributed by atoms with E-state index in [9.17, 15) is 9.90 Å². The molecule has 2 fully saturated rings. The van der Waals surface area contributed by atoms with Crippen molar-refractivity contribution in [3.05, 3.63) is 53.9 Å². The Kier molecular flexibility index (Phi) is 4.28. The minimum atomic E-state index is -0.955. The Labute approximate surface area is 163 Å². The van der Waals surface area contributed by atoms with Crippen molar-refractivity contribution in [3.8, 4) is 0 Å². The molecule has 6 heteroatoms. The molecule has 0 radical (unpaired) electrons. The first-order chi connectivity index (χ1) is 13.7. The zero-order valence-corrected chi connectivity index (χ0v) is 15.6. The topological polar surface area (TPSA) is 76.4 Å². The van der Waals surface area contributed by atoms with Gasteiger partial charge in [-0.1, -0.05) is 6.07 Å². The summed E-state index contributed by atoms with van der Waals surface area (Å²) in [6.07, 6.45) is 7.23. The molecule has 6 nitrogen and oxygen atoms in total. The van der Waals surface area contributed by atoms with Crippen LogP contribution in [0.5, 0.6) is 0 Å². The Bertz CT molecular complexity index is 1030. The number of nitrogens with one attached hydrogen (secondary N) is 1. The van der Waals surface area contributed by atoms with Gasteiger partial charge in [0.1, 0.15) is 11.4 Å².